The maximum Gasteiger partial charge on any atom is 0.251 e. The first kappa shape index (κ1) is 14.3. The molecule has 0 saturated carbocycles. The van der Waals surface area contributed by atoms with Crippen molar-refractivity contribution in [2.45, 2.75) is 25.4 Å². The molecule has 108 valence electrons. The lowest BCUT2D eigenvalue weighted by molar-refractivity contribution is 0.0907. The van der Waals surface area contributed by atoms with Gasteiger partial charge in [-0.15, -0.1) is 0 Å². The summed E-state index contributed by atoms with van der Waals surface area (Å²) >= 11 is 0. The Hall–Kier alpha value is -2.08. The average Bonchev–Trinajstić information content (AvgIpc) is 2.99. The van der Waals surface area contributed by atoms with Gasteiger partial charge in [0.2, 0.25) is 0 Å². The maximum atomic E-state index is 11.9. The zero-order valence-corrected chi connectivity index (χ0v) is 11.2. The summed E-state index contributed by atoms with van der Waals surface area (Å²) in [6, 6.07) is 6.58. The summed E-state index contributed by atoms with van der Waals surface area (Å²) in [6.07, 6.45) is 3.30. The summed E-state index contributed by atoms with van der Waals surface area (Å²) in [5.41, 5.74) is 6.58. The Morgan fingerprint density at radius 1 is 1.40 bits per heavy atom. The van der Waals surface area contributed by atoms with Crippen LogP contribution in [0.2, 0.25) is 0 Å². The van der Waals surface area contributed by atoms with Crippen molar-refractivity contribution >= 4 is 11.7 Å². The van der Waals surface area contributed by atoms with Gasteiger partial charge in [-0.1, -0.05) is 17.3 Å². The number of carbonyl (C=O) groups is 1. The van der Waals surface area contributed by atoms with Crippen LogP contribution >= 0.6 is 0 Å². The second-order valence-corrected chi connectivity index (χ2v) is 4.74. The molecule has 1 aromatic rings. The van der Waals surface area contributed by atoms with Crippen molar-refractivity contribution < 1.29 is 14.7 Å². The molecule has 1 fully saturated rings. The van der Waals surface area contributed by atoms with Crippen molar-refractivity contribution in [3.05, 3.63) is 35.4 Å². The van der Waals surface area contributed by atoms with Crippen LogP contribution in [0.3, 0.4) is 0 Å². The van der Waals surface area contributed by atoms with E-state index in [2.05, 4.69) is 10.5 Å². The summed E-state index contributed by atoms with van der Waals surface area (Å²) in [5.74, 6) is -0.107. The lowest BCUT2D eigenvalue weighted by atomic mass is 10.1. The molecule has 0 aliphatic carbocycles. The maximum absolute atomic E-state index is 11.9. The monoisotopic (exact) mass is 277 g/mol. The molecule has 1 aromatic carbocycles. The van der Waals surface area contributed by atoms with E-state index in [0.717, 1.165) is 25.9 Å². The van der Waals surface area contributed by atoms with Gasteiger partial charge in [-0.05, 0) is 31.4 Å². The third-order valence-electron chi connectivity index (χ3n) is 3.33. The fourth-order valence-electron chi connectivity index (χ4n) is 2.17. The summed E-state index contributed by atoms with van der Waals surface area (Å²) in [7, 11) is 0. The van der Waals surface area contributed by atoms with E-state index < -0.39 is 0 Å². The topological polar surface area (TPSA) is 96.9 Å². The van der Waals surface area contributed by atoms with Gasteiger partial charge in [0.05, 0.1) is 6.10 Å². The van der Waals surface area contributed by atoms with Crippen LogP contribution in [0.5, 0.6) is 0 Å². The van der Waals surface area contributed by atoms with Crippen molar-refractivity contribution in [1.29, 1.82) is 0 Å². The Labute approximate surface area is 117 Å². The number of amidine groups is 1. The van der Waals surface area contributed by atoms with E-state index in [1.54, 1.807) is 24.3 Å². The van der Waals surface area contributed by atoms with Crippen LogP contribution in [0.1, 0.15) is 35.2 Å². The number of rotatable bonds is 5. The molecule has 1 aliphatic heterocycles. The normalized spacial score (nSPS) is 19.0. The smallest absolute Gasteiger partial charge is 0.251 e. The van der Waals surface area contributed by atoms with E-state index in [1.807, 2.05) is 0 Å². The standard InChI is InChI=1S/C14H19N3O3/c15-13(17-19)10-3-5-11(6-4-10)14(18)16-8-7-12-2-1-9-20-12/h3-6,12,19H,1-2,7-9H2,(H2,15,17)(H,16,18). The largest absolute Gasteiger partial charge is 0.409 e. The molecule has 0 aromatic heterocycles. The van der Waals surface area contributed by atoms with Crippen LogP contribution in [0.15, 0.2) is 29.4 Å². The molecule has 20 heavy (non-hydrogen) atoms. The molecule has 0 bridgehead atoms. The van der Waals surface area contributed by atoms with Gasteiger partial charge in [0.15, 0.2) is 5.84 Å². The molecule has 1 amide bonds. The highest BCUT2D eigenvalue weighted by molar-refractivity contribution is 5.99. The van der Waals surface area contributed by atoms with Crippen molar-refractivity contribution in [1.82, 2.24) is 5.32 Å². The highest BCUT2D eigenvalue weighted by Gasteiger charge is 2.15. The fraction of sp³-hybridized carbons (Fsp3) is 0.429. The average molecular weight is 277 g/mol. The number of nitrogens with one attached hydrogen (secondary N) is 1. The van der Waals surface area contributed by atoms with Gasteiger partial charge < -0.3 is 21.0 Å². The second kappa shape index (κ2) is 6.91. The highest BCUT2D eigenvalue weighted by atomic mass is 16.5. The number of benzene rings is 1. The number of amides is 1. The predicted molar refractivity (Wildman–Crippen MR) is 74.9 cm³/mol. The zero-order valence-electron chi connectivity index (χ0n) is 11.2. The van der Waals surface area contributed by atoms with Gasteiger partial charge in [0.1, 0.15) is 0 Å². The Bertz CT molecular complexity index is 479. The number of carbonyl (C=O) groups excluding carboxylic acids is 1. The first-order valence-corrected chi connectivity index (χ1v) is 6.68. The molecule has 2 rings (SSSR count). The lowest BCUT2D eigenvalue weighted by Crippen LogP contribution is -2.27. The molecule has 6 heteroatoms. The number of ether oxygens (including phenoxy) is 1. The number of nitrogens with zero attached hydrogens (tertiary/aromatic N) is 1. The van der Waals surface area contributed by atoms with Crippen LogP contribution in [-0.2, 0) is 4.74 Å². The summed E-state index contributed by atoms with van der Waals surface area (Å²) in [5, 5.41) is 14.3. The number of hydrogen-bond acceptors (Lipinski definition) is 4. The van der Waals surface area contributed by atoms with E-state index in [9.17, 15) is 4.79 Å². The third-order valence-corrected chi connectivity index (χ3v) is 3.33. The molecular weight excluding hydrogens is 258 g/mol. The van der Waals surface area contributed by atoms with Crippen molar-refractivity contribution in [2.75, 3.05) is 13.2 Å². The minimum Gasteiger partial charge on any atom is -0.409 e. The van der Waals surface area contributed by atoms with Crippen LogP contribution < -0.4 is 11.1 Å². The second-order valence-electron chi connectivity index (χ2n) is 4.74. The van der Waals surface area contributed by atoms with Crippen LogP contribution in [0, 0.1) is 0 Å². The van der Waals surface area contributed by atoms with Gasteiger partial charge in [0, 0.05) is 24.3 Å². The van der Waals surface area contributed by atoms with Gasteiger partial charge in [-0.3, -0.25) is 4.79 Å². The Balaban J connectivity index is 1.82. The summed E-state index contributed by atoms with van der Waals surface area (Å²) in [4.78, 5) is 11.9. The van der Waals surface area contributed by atoms with Crippen LogP contribution in [-0.4, -0.2) is 36.2 Å². The number of hydrogen-bond donors (Lipinski definition) is 3. The zero-order chi connectivity index (χ0) is 14.4. The minimum atomic E-state index is -0.131. The predicted octanol–water partition coefficient (Wildman–Crippen LogP) is 1.08. The first-order valence-electron chi connectivity index (χ1n) is 6.68. The molecular formula is C14H19N3O3. The van der Waals surface area contributed by atoms with Crippen LogP contribution in [0.4, 0.5) is 0 Å². The molecule has 1 atom stereocenters. The molecule has 0 radical (unpaired) electrons. The highest BCUT2D eigenvalue weighted by Crippen LogP contribution is 2.14. The fourth-order valence-corrected chi connectivity index (χ4v) is 2.17. The van der Waals surface area contributed by atoms with Gasteiger partial charge in [-0.25, -0.2) is 0 Å². The molecule has 0 spiro atoms. The van der Waals surface area contributed by atoms with Gasteiger partial charge in [0.25, 0.3) is 5.91 Å². The van der Waals surface area contributed by atoms with E-state index in [1.165, 1.54) is 0 Å². The molecule has 6 nitrogen and oxygen atoms in total. The summed E-state index contributed by atoms with van der Waals surface area (Å²) in [6.45, 7) is 1.43. The first-order chi connectivity index (χ1) is 9.70. The van der Waals surface area contributed by atoms with Crippen molar-refractivity contribution in [3.63, 3.8) is 0 Å². The van der Waals surface area contributed by atoms with E-state index in [0.29, 0.717) is 17.7 Å². The Kier molecular flexibility index (Phi) is 4.95. The van der Waals surface area contributed by atoms with Crippen molar-refractivity contribution in [3.8, 4) is 0 Å². The summed E-state index contributed by atoms with van der Waals surface area (Å²) < 4.78 is 5.49. The SMILES string of the molecule is NC(=NO)c1ccc(C(=O)NCCC2CCCO2)cc1. The Morgan fingerprint density at radius 2 is 2.10 bits per heavy atom. The third kappa shape index (κ3) is 3.71. The number of oxime groups is 1. The molecule has 1 heterocycles. The van der Waals surface area contributed by atoms with E-state index >= 15 is 0 Å². The van der Waals surface area contributed by atoms with Crippen molar-refractivity contribution in [2.24, 2.45) is 10.9 Å². The van der Waals surface area contributed by atoms with E-state index in [-0.39, 0.29) is 17.8 Å². The number of nitrogens with two attached hydrogens (primary N) is 1. The molecule has 1 saturated heterocycles. The quantitative estimate of drug-likeness (QED) is 0.325. The minimum absolute atomic E-state index is 0.0235. The Morgan fingerprint density at radius 3 is 2.70 bits per heavy atom. The van der Waals surface area contributed by atoms with E-state index in [4.69, 9.17) is 15.7 Å². The lowest BCUT2D eigenvalue weighted by Gasteiger charge is -2.10. The molecule has 1 aliphatic rings. The van der Waals surface area contributed by atoms with Crippen LogP contribution in [0.25, 0.3) is 0 Å². The molecule has 1 unspecified atom stereocenters. The molecule has 4 N–H and O–H groups in total. The van der Waals surface area contributed by atoms with Gasteiger partial charge in [-0.2, -0.15) is 0 Å². The van der Waals surface area contributed by atoms with Gasteiger partial charge >= 0.3 is 0 Å².